The molecule has 3 aromatic rings. The first-order valence-corrected chi connectivity index (χ1v) is 8.53. The van der Waals surface area contributed by atoms with Crippen LogP contribution in [0.2, 0.25) is 0 Å². The van der Waals surface area contributed by atoms with E-state index >= 15 is 0 Å². The number of carbonyl (C=O) groups excluding carboxylic acids is 1. The van der Waals surface area contributed by atoms with E-state index in [-0.39, 0.29) is 23.8 Å². The van der Waals surface area contributed by atoms with Crippen molar-refractivity contribution in [2.75, 3.05) is 13.2 Å². The van der Waals surface area contributed by atoms with Gasteiger partial charge in [-0.2, -0.15) is 0 Å². The molecule has 0 radical (unpaired) electrons. The molecule has 0 aliphatic heterocycles. The van der Waals surface area contributed by atoms with Crippen LogP contribution in [-0.2, 0) is 11.2 Å². The Morgan fingerprint density at radius 2 is 2.20 bits per heavy atom. The van der Waals surface area contributed by atoms with Gasteiger partial charge in [-0.25, -0.2) is 9.37 Å². The van der Waals surface area contributed by atoms with E-state index in [0.29, 0.717) is 23.6 Å². The van der Waals surface area contributed by atoms with Gasteiger partial charge in [0.05, 0.1) is 0 Å². The zero-order chi connectivity index (χ0) is 17.8. The molecule has 0 aliphatic rings. The highest BCUT2D eigenvalue weighted by molar-refractivity contribution is 7.15. The van der Waals surface area contributed by atoms with E-state index in [1.54, 1.807) is 23.5 Å². The van der Waals surface area contributed by atoms with Gasteiger partial charge in [0.25, 0.3) is 11.5 Å². The number of fused-ring (bicyclic) bond motifs is 1. The zero-order valence-corrected chi connectivity index (χ0v) is 14.3. The molecule has 2 aromatic heterocycles. The van der Waals surface area contributed by atoms with Crippen molar-refractivity contribution in [3.63, 3.8) is 0 Å². The van der Waals surface area contributed by atoms with Gasteiger partial charge in [-0.15, -0.1) is 11.3 Å². The number of hydrogen-bond acceptors (Lipinski definition) is 5. The van der Waals surface area contributed by atoms with Gasteiger partial charge in [-0.3, -0.25) is 14.0 Å². The van der Waals surface area contributed by atoms with Gasteiger partial charge in [0.15, 0.2) is 23.1 Å². The van der Waals surface area contributed by atoms with E-state index in [1.165, 1.54) is 29.5 Å². The summed E-state index contributed by atoms with van der Waals surface area (Å²) in [5.74, 6) is -0.833. The smallest absolute Gasteiger partial charge is 0.258 e. The molecular formula is C17H16FN3O3S. The Balaban J connectivity index is 1.54. The van der Waals surface area contributed by atoms with Crippen molar-refractivity contribution < 1.29 is 13.9 Å². The summed E-state index contributed by atoms with van der Waals surface area (Å²) in [5, 5.41) is 4.54. The third kappa shape index (κ3) is 4.03. The molecule has 0 aliphatic carbocycles. The minimum Gasteiger partial charge on any atom is -0.481 e. The van der Waals surface area contributed by atoms with Gasteiger partial charge in [0, 0.05) is 35.8 Å². The molecule has 1 N–H and O–H groups in total. The van der Waals surface area contributed by atoms with Crippen LogP contribution >= 0.6 is 11.3 Å². The fourth-order valence-electron chi connectivity index (χ4n) is 2.34. The first-order valence-electron chi connectivity index (χ1n) is 7.65. The van der Waals surface area contributed by atoms with Gasteiger partial charge in [0.1, 0.15) is 0 Å². The summed E-state index contributed by atoms with van der Waals surface area (Å²) >= 11 is 1.38. The number of nitrogens with zero attached hydrogens (tertiary/aromatic N) is 2. The molecule has 0 atom stereocenters. The van der Waals surface area contributed by atoms with Crippen molar-refractivity contribution in [1.29, 1.82) is 0 Å². The van der Waals surface area contributed by atoms with Crippen LogP contribution in [0.4, 0.5) is 4.39 Å². The van der Waals surface area contributed by atoms with Crippen molar-refractivity contribution in [2.24, 2.45) is 0 Å². The lowest BCUT2D eigenvalue weighted by Gasteiger charge is -2.08. The van der Waals surface area contributed by atoms with Crippen LogP contribution in [0.1, 0.15) is 11.4 Å². The average molecular weight is 361 g/mol. The maximum atomic E-state index is 13.4. The van der Waals surface area contributed by atoms with Gasteiger partial charge in [0.2, 0.25) is 0 Å². The molecule has 0 saturated heterocycles. The number of thiazole rings is 1. The number of aromatic nitrogens is 2. The van der Waals surface area contributed by atoms with Crippen molar-refractivity contribution in [2.45, 2.75) is 13.3 Å². The second kappa shape index (κ2) is 7.43. The number of para-hydroxylation sites is 1. The first kappa shape index (κ1) is 17.1. The van der Waals surface area contributed by atoms with Gasteiger partial charge < -0.3 is 10.1 Å². The summed E-state index contributed by atoms with van der Waals surface area (Å²) in [6.07, 6.45) is 0.482. The summed E-state index contributed by atoms with van der Waals surface area (Å²) in [4.78, 5) is 28.8. The summed E-state index contributed by atoms with van der Waals surface area (Å²) in [7, 11) is 0. The van der Waals surface area contributed by atoms with Gasteiger partial charge in [-0.05, 0) is 19.1 Å². The Morgan fingerprint density at radius 3 is 3.00 bits per heavy atom. The van der Waals surface area contributed by atoms with E-state index in [0.717, 1.165) is 5.69 Å². The molecule has 0 bridgehead atoms. The molecule has 0 unspecified atom stereocenters. The fraction of sp³-hybridized carbons (Fsp3) is 0.235. The van der Waals surface area contributed by atoms with Gasteiger partial charge >= 0.3 is 0 Å². The molecular weight excluding hydrogens is 345 g/mol. The number of halogens is 1. The topological polar surface area (TPSA) is 72.7 Å². The lowest BCUT2D eigenvalue weighted by Crippen LogP contribution is -2.31. The molecule has 0 saturated carbocycles. The number of carbonyl (C=O) groups is 1. The number of ether oxygens (including phenoxy) is 1. The molecule has 2 heterocycles. The number of hydrogen-bond donors (Lipinski definition) is 1. The maximum absolute atomic E-state index is 13.4. The molecule has 6 nitrogen and oxygen atoms in total. The van der Waals surface area contributed by atoms with E-state index < -0.39 is 5.82 Å². The molecule has 1 amide bonds. The monoisotopic (exact) mass is 361 g/mol. The zero-order valence-electron chi connectivity index (χ0n) is 13.5. The molecule has 130 valence electrons. The van der Waals surface area contributed by atoms with Crippen molar-refractivity contribution in [1.82, 2.24) is 14.7 Å². The lowest BCUT2D eigenvalue weighted by atomic mass is 10.3. The Bertz CT molecular complexity index is 967. The largest absolute Gasteiger partial charge is 0.481 e. The highest BCUT2D eigenvalue weighted by Gasteiger charge is 2.09. The number of aryl methyl sites for hydroxylation is 1. The van der Waals surface area contributed by atoms with Crippen LogP contribution in [0.5, 0.6) is 5.75 Å². The highest BCUT2D eigenvalue weighted by Crippen LogP contribution is 2.15. The third-order valence-corrected chi connectivity index (χ3v) is 4.38. The summed E-state index contributed by atoms with van der Waals surface area (Å²) in [5.41, 5.74) is 1.33. The van der Waals surface area contributed by atoms with Crippen LogP contribution in [0.3, 0.4) is 0 Å². The van der Waals surface area contributed by atoms with E-state index in [9.17, 15) is 14.0 Å². The van der Waals surface area contributed by atoms with E-state index in [2.05, 4.69) is 10.3 Å². The van der Waals surface area contributed by atoms with Crippen molar-refractivity contribution in [3.8, 4) is 5.75 Å². The molecule has 1 aromatic carbocycles. The summed E-state index contributed by atoms with van der Waals surface area (Å²) < 4.78 is 20.1. The van der Waals surface area contributed by atoms with Crippen LogP contribution in [0, 0.1) is 12.7 Å². The van der Waals surface area contributed by atoms with E-state index in [1.807, 2.05) is 5.38 Å². The summed E-state index contributed by atoms with van der Waals surface area (Å²) in [6.45, 7) is 1.84. The Kier molecular flexibility index (Phi) is 5.08. The highest BCUT2D eigenvalue weighted by atomic mass is 32.1. The van der Waals surface area contributed by atoms with Crippen LogP contribution in [0.25, 0.3) is 4.96 Å². The maximum Gasteiger partial charge on any atom is 0.258 e. The molecule has 8 heteroatoms. The second-order valence-corrected chi connectivity index (χ2v) is 6.24. The van der Waals surface area contributed by atoms with Gasteiger partial charge in [-0.1, -0.05) is 12.1 Å². The average Bonchev–Trinajstić information content (AvgIpc) is 2.97. The normalized spacial score (nSPS) is 10.8. The Hall–Kier alpha value is -2.74. The minimum atomic E-state index is -0.512. The fourth-order valence-corrected chi connectivity index (χ4v) is 3.32. The third-order valence-electron chi connectivity index (χ3n) is 3.50. The second-order valence-electron chi connectivity index (χ2n) is 5.40. The molecule has 25 heavy (non-hydrogen) atoms. The number of benzene rings is 1. The predicted octanol–water partition coefficient (Wildman–Crippen LogP) is 1.94. The SMILES string of the molecule is Cc1cc(=O)n2c(CCNC(=O)COc3ccccc3F)csc2n1. The standard InChI is InChI=1S/C17H16FN3O3S/c1-11-8-16(23)21-12(10-25-17(21)20-11)6-7-19-15(22)9-24-14-5-3-2-4-13(14)18/h2-5,8,10H,6-7,9H2,1H3,(H,19,22). The minimum absolute atomic E-state index is 0.0366. The lowest BCUT2D eigenvalue weighted by molar-refractivity contribution is -0.123. The van der Waals surface area contributed by atoms with Crippen LogP contribution in [0.15, 0.2) is 40.5 Å². The van der Waals surface area contributed by atoms with Crippen molar-refractivity contribution in [3.05, 3.63) is 63.3 Å². The molecule has 0 fully saturated rings. The number of nitrogens with one attached hydrogen (secondary N) is 1. The molecule has 3 rings (SSSR count). The first-order chi connectivity index (χ1) is 12.0. The molecule has 0 spiro atoms. The van der Waals surface area contributed by atoms with Crippen LogP contribution in [-0.4, -0.2) is 28.4 Å². The number of amides is 1. The van der Waals surface area contributed by atoms with E-state index in [4.69, 9.17) is 4.74 Å². The van der Waals surface area contributed by atoms with Crippen molar-refractivity contribution >= 4 is 22.2 Å². The van der Waals surface area contributed by atoms with Crippen LogP contribution < -0.4 is 15.6 Å². The Labute approximate surface area is 146 Å². The quantitative estimate of drug-likeness (QED) is 0.728. The number of rotatable bonds is 6. The predicted molar refractivity (Wildman–Crippen MR) is 92.7 cm³/mol. The summed E-state index contributed by atoms with van der Waals surface area (Å²) in [6, 6.07) is 7.38. The Morgan fingerprint density at radius 1 is 1.40 bits per heavy atom.